The van der Waals surface area contributed by atoms with Crippen molar-refractivity contribution in [3.8, 4) is 18.1 Å². The number of hydrogen-bond donors (Lipinski definition) is 0. The second-order valence-electron chi connectivity index (χ2n) is 3.63. The van der Waals surface area contributed by atoms with Crippen molar-refractivity contribution in [1.29, 1.82) is 0 Å². The molecule has 2 rings (SSSR count). The molecule has 1 aromatic rings. The molecule has 1 aromatic carbocycles. The van der Waals surface area contributed by atoms with E-state index in [1.54, 1.807) is 7.11 Å². The molecule has 0 amide bonds. The highest BCUT2D eigenvalue weighted by molar-refractivity contribution is 5.31. The topological polar surface area (TPSA) is 18.5 Å². The van der Waals surface area contributed by atoms with Crippen LogP contribution in [0.15, 0.2) is 24.3 Å². The van der Waals surface area contributed by atoms with E-state index in [9.17, 15) is 0 Å². The SMILES string of the molecule is C#C[C@@H]1CCO[C@@H]1c1cccc(OC)c1. The van der Waals surface area contributed by atoms with Crippen LogP contribution in [0.25, 0.3) is 0 Å². The molecule has 0 spiro atoms. The smallest absolute Gasteiger partial charge is 0.119 e. The minimum absolute atomic E-state index is 0.0325. The maximum Gasteiger partial charge on any atom is 0.119 e. The van der Waals surface area contributed by atoms with Crippen molar-refractivity contribution in [3.63, 3.8) is 0 Å². The lowest BCUT2D eigenvalue weighted by atomic mass is 9.96. The van der Waals surface area contributed by atoms with Crippen molar-refractivity contribution in [1.82, 2.24) is 0 Å². The van der Waals surface area contributed by atoms with Gasteiger partial charge in [0.25, 0.3) is 0 Å². The van der Waals surface area contributed by atoms with Gasteiger partial charge in [0.15, 0.2) is 0 Å². The first-order valence-electron chi connectivity index (χ1n) is 5.07. The molecule has 78 valence electrons. The van der Waals surface area contributed by atoms with E-state index < -0.39 is 0 Å². The highest BCUT2D eigenvalue weighted by atomic mass is 16.5. The van der Waals surface area contributed by atoms with Gasteiger partial charge in [0.05, 0.1) is 19.1 Å². The van der Waals surface area contributed by atoms with Gasteiger partial charge in [0.1, 0.15) is 5.75 Å². The summed E-state index contributed by atoms with van der Waals surface area (Å²) in [6, 6.07) is 7.90. The van der Waals surface area contributed by atoms with Crippen LogP contribution in [0, 0.1) is 18.3 Å². The Hall–Kier alpha value is -1.46. The molecular formula is C13H14O2. The van der Waals surface area contributed by atoms with E-state index in [1.807, 2.05) is 24.3 Å². The summed E-state index contributed by atoms with van der Waals surface area (Å²) in [5.41, 5.74) is 1.11. The van der Waals surface area contributed by atoms with Crippen LogP contribution in [0.3, 0.4) is 0 Å². The Morgan fingerprint density at radius 3 is 3.13 bits per heavy atom. The summed E-state index contributed by atoms with van der Waals surface area (Å²) in [5.74, 6) is 3.82. The molecule has 0 radical (unpaired) electrons. The number of methoxy groups -OCH3 is 1. The lowest BCUT2D eigenvalue weighted by molar-refractivity contribution is 0.101. The van der Waals surface area contributed by atoms with Gasteiger partial charge < -0.3 is 9.47 Å². The number of ether oxygens (including phenoxy) is 2. The van der Waals surface area contributed by atoms with Crippen molar-refractivity contribution in [2.45, 2.75) is 12.5 Å². The molecule has 0 bridgehead atoms. The maximum absolute atomic E-state index is 5.64. The molecule has 1 aliphatic heterocycles. The Labute approximate surface area is 90.2 Å². The third-order valence-electron chi connectivity index (χ3n) is 2.73. The van der Waals surface area contributed by atoms with Crippen LogP contribution in [0.4, 0.5) is 0 Å². The van der Waals surface area contributed by atoms with Gasteiger partial charge in [-0.2, -0.15) is 0 Å². The molecule has 0 unspecified atom stereocenters. The van der Waals surface area contributed by atoms with E-state index in [-0.39, 0.29) is 12.0 Å². The van der Waals surface area contributed by atoms with E-state index >= 15 is 0 Å². The van der Waals surface area contributed by atoms with Crippen molar-refractivity contribution in [2.24, 2.45) is 5.92 Å². The van der Waals surface area contributed by atoms with Gasteiger partial charge in [-0.3, -0.25) is 0 Å². The fourth-order valence-electron chi connectivity index (χ4n) is 1.91. The predicted octanol–water partition coefficient (Wildman–Crippen LogP) is 2.41. The lowest BCUT2D eigenvalue weighted by Gasteiger charge is -2.14. The molecule has 2 atom stereocenters. The Balaban J connectivity index is 2.25. The molecule has 1 heterocycles. The molecule has 0 aromatic heterocycles. The molecule has 0 saturated carbocycles. The van der Waals surface area contributed by atoms with Crippen LogP contribution in [-0.2, 0) is 4.74 Å². The van der Waals surface area contributed by atoms with Gasteiger partial charge in [-0.05, 0) is 24.1 Å². The summed E-state index contributed by atoms with van der Waals surface area (Å²) in [7, 11) is 1.66. The predicted molar refractivity (Wildman–Crippen MR) is 58.6 cm³/mol. The van der Waals surface area contributed by atoms with Crippen LogP contribution in [0.5, 0.6) is 5.75 Å². The number of benzene rings is 1. The van der Waals surface area contributed by atoms with E-state index in [0.717, 1.165) is 24.3 Å². The number of rotatable bonds is 2. The van der Waals surface area contributed by atoms with Gasteiger partial charge in [0, 0.05) is 6.61 Å². The second-order valence-corrected chi connectivity index (χ2v) is 3.63. The van der Waals surface area contributed by atoms with Crippen molar-refractivity contribution in [3.05, 3.63) is 29.8 Å². The monoisotopic (exact) mass is 202 g/mol. The minimum atomic E-state index is 0.0325. The molecule has 0 aliphatic carbocycles. The molecule has 1 aliphatic rings. The zero-order chi connectivity index (χ0) is 10.7. The first-order chi connectivity index (χ1) is 7.35. The molecule has 1 saturated heterocycles. The molecule has 2 heteroatoms. The van der Waals surface area contributed by atoms with E-state index in [1.165, 1.54) is 0 Å². The standard InChI is InChI=1S/C13H14O2/c1-3-10-7-8-15-13(10)11-5-4-6-12(9-11)14-2/h1,4-6,9-10,13H,7-8H2,2H3/t10-,13+/m1/s1. The van der Waals surface area contributed by atoms with Crippen LogP contribution in [0.2, 0.25) is 0 Å². The molecule has 15 heavy (non-hydrogen) atoms. The summed E-state index contributed by atoms with van der Waals surface area (Å²) in [6.07, 6.45) is 6.45. The minimum Gasteiger partial charge on any atom is -0.497 e. The third-order valence-corrected chi connectivity index (χ3v) is 2.73. The van der Waals surface area contributed by atoms with Gasteiger partial charge in [-0.25, -0.2) is 0 Å². The van der Waals surface area contributed by atoms with Crippen LogP contribution >= 0.6 is 0 Å². The Bertz CT molecular complexity index is 378. The van der Waals surface area contributed by atoms with Crippen molar-refractivity contribution in [2.75, 3.05) is 13.7 Å². The fraction of sp³-hybridized carbons (Fsp3) is 0.385. The normalized spacial score (nSPS) is 24.8. The van der Waals surface area contributed by atoms with Gasteiger partial charge in [-0.15, -0.1) is 12.3 Å². The van der Waals surface area contributed by atoms with Crippen LogP contribution < -0.4 is 4.74 Å². The molecule has 0 N–H and O–H groups in total. The average molecular weight is 202 g/mol. The zero-order valence-electron chi connectivity index (χ0n) is 8.77. The fourth-order valence-corrected chi connectivity index (χ4v) is 1.91. The number of terminal acetylenes is 1. The summed E-state index contributed by atoms with van der Waals surface area (Å²) in [4.78, 5) is 0. The van der Waals surface area contributed by atoms with Gasteiger partial charge in [0.2, 0.25) is 0 Å². The first kappa shape index (κ1) is 10.1. The quantitative estimate of drug-likeness (QED) is 0.686. The molecular weight excluding hydrogens is 188 g/mol. The van der Waals surface area contributed by atoms with E-state index in [4.69, 9.17) is 15.9 Å². The van der Waals surface area contributed by atoms with E-state index in [0.29, 0.717) is 0 Å². The second kappa shape index (κ2) is 4.37. The van der Waals surface area contributed by atoms with Crippen molar-refractivity contribution >= 4 is 0 Å². The zero-order valence-corrected chi connectivity index (χ0v) is 8.77. The lowest BCUT2D eigenvalue weighted by Crippen LogP contribution is -2.05. The van der Waals surface area contributed by atoms with Crippen LogP contribution in [0.1, 0.15) is 18.1 Å². The Morgan fingerprint density at radius 1 is 1.53 bits per heavy atom. The van der Waals surface area contributed by atoms with Crippen LogP contribution in [-0.4, -0.2) is 13.7 Å². The highest BCUT2D eigenvalue weighted by Gasteiger charge is 2.28. The molecule has 1 fully saturated rings. The number of hydrogen-bond acceptors (Lipinski definition) is 2. The highest BCUT2D eigenvalue weighted by Crippen LogP contribution is 2.35. The summed E-state index contributed by atoms with van der Waals surface area (Å²) in [6.45, 7) is 0.747. The summed E-state index contributed by atoms with van der Waals surface area (Å²) < 4.78 is 10.8. The largest absolute Gasteiger partial charge is 0.497 e. The van der Waals surface area contributed by atoms with E-state index in [2.05, 4.69) is 5.92 Å². The van der Waals surface area contributed by atoms with Gasteiger partial charge >= 0.3 is 0 Å². The van der Waals surface area contributed by atoms with Gasteiger partial charge in [-0.1, -0.05) is 12.1 Å². The average Bonchev–Trinajstić information content (AvgIpc) is 2.77. The Morgan fingerprint density at radius 2 is 2.40 bits per heavy atom. The third kappa shape index (κ3) is 1.98. The summed E-state index contributed by atoms with van der Waals surface area (Å²) in [5, 5.41) is 0. The van der Waals surface area contributed by atoms with Crippen molar-refractivity contribution < 1.29 is 9.47 Å². The maximum atomic E-state index is 5.64. The molecule has 2 nitrogen and oxygen atoms in total. The summed E-state index contributed by atoms with van der Waals surface area (Å²) >= 11 is 0. The first-order valence-corrected chi connectivity index (χ1v) is 5.07. The Kier molecular flexibility index (Phi) is 2.94.